The second-order valence-electron chi connectivity index (χ2n) is 5.60. The molecule has 1 saturated heterocycles. The molecule has 4 N–H and O–H groups in total. The Bertz CT molecular complexity index is 878. The number of carbonyl (C=O) groups excluding carboxylic acids is 3. The van der Waals surface area contributed by atoms with Gasteiger partial charge in [-0.2, -0.15) is 0 Å². The monoisotopic (exact) mass is 392 g/mol. The molecule has 9 heteroatoms. The van der Waals surface area contributed by atoms with E-state index in [1.54, 1.807) is 24.3 Å². The van der Waals surface area contributed by atoms with Crippen molar-refractivity contribution in [1.29, 1.82) is 0 Å². The van der Waals surface area contributed by atoms with Crippen LogP contribution in [0.1, 0.15) is 15.9 Å². The van der Waals surface area contributed by atoms with Gasteiger partial charge in [-0.05, 0) is 23.8 Å². The molecule has 0 unspecified atom stereocenters. The van der Waals surface area contributed by atoms with E-state index in [0.717, 1.165) is 4.90 Å². The highest BCUT2D eigenvalue weighted by atomic mass is 35.5. The molecule has 0 spiro atoms. The number of nitrogens with zero attached hydrogens (tertiary/aromatic N) is 1. The second-order valence-corrected chi connectivity index (χ2v) is 6.42. The lowest BCUT2D eigenvalue weighted by Gasteiger charge is -2.16. The summed E-state index contributed by atoms with van der Waals surface area (Å²) < 4.78 is 0. The molecule has 0 radical (unpaired) electrons. The maximum Gasteiger partial charge on any atom is 0.324 e. The van der Waals surface area contributed by atoms with Crippen molar-refractivity contribution in [3.05, 3.63) is 57.6 Å². The largest absolute Gasteiger partial charge is 0.396 e. The Kier molecular flexibility index (Phi) is 5.01. The third kappa shape index (κ3) is 3.58. The van der Waals surface area contributed by atoms with Gasteiger partial charge in [0, 0.05) is 11.3 Å². The number of urea groups is 1. The van der Waals surface area contributed by atoms with Crippen LogP contribution in [0.2, 0.25) is 10.0 Å². The molecular formula is C17H14Cl2N4O3. The number of hydrogen-bond acceptors (Lipinski definition) is 4. The van der Waals surface area contributed by atoms with E-state index in [4.69, 9.17) is 28.9 Å². The number of imide groups is 1. The summed E-state index contributed by atoms with van der Waals surface area (Å²) in [7, 11) is 0. The molecule has 0 bridgehead atoms. The van der Waals surface area contributed by atoms with E-state index in [1.807, 2.05) is 0 Å². The van der Waals surface area contributed by atoms with Gasteiger partial charge in [0.15, 0.2) is 0 Å². The van der Waals surface area contributed by atoms with Crippen molar-refractivity contribution < 1.29 is 14.4 Å². The van der Waals surface area contributed by atoms with Crippen LogP contribution >= 0.6 is 23.2 Å². The van der Waals surface area contributed by atoms with Gasteiger partial charge in [0.2, 0.25) is 5.91 Å². The molecule has 0 atom stereocenters. The minimum absolute atomic E-state index is 0.00247. The summed E-state index contributed by atoms with van der Waals surface area (Å²) in [5, 5.41) is 5.57. The summed E-state index contributed by atoms with van der Waals surface area (Å²) in [6.07, 6.45) is 0. The average molecular weight is 393 g/mol. The minimum atomic E-state index is -0.484. The first-order valence-electron chi connectivity index (χ1n) is 7.59. The predicted molar refractivity (Wildman–Crippen MR) is 99.2 cm³/mol. The van der Waals surface area contributed by atoms with Gasteiger partial charge < -0.3 is 16.4 Å². The fourth-order valence-electron chi connectivity index (χ4n) is 2.52. The standard InChI is InChI=1S/C17H14Cl2N4O3/c18-12-5-10(6-13(19)15(12)20)22-16(25)11-4-2-1-3-9(11)8-23-14(24)7-21-17(23)26/h1-6H,7-8,20H2,(H,21,26)(H,22,25). The topological polar surface area (TPSA) is 105 Å². The maximum absolute atomic E-state index is 12.6. The number of rotatable bonds is 4. The van der Waals surface area contributed by atoms with Crippen molar-refractivity contribution in [3.63, 3.8) is 0 Å². The minimum Gasteiger partial charge on any atom is -0.396 e. The molecule has 2 aromatic carbocycles. The highest BCUT2D eigenvalue weighted by Crippen LogP contribution is 2.31. The summed E-state index contributed by atoms with van der Waals surface area (Å²) in [6.45, 7) is -0.0485. The van der Waals surface area contributed by atoms with Crippen LogP contribution in [0.3, 0.4) is 0 Å². The summed E-state index contributed by atoms with van der Waals surface area (Å²) in [5.41, 5.74) is 7.14. The van der Waals surface area contributed by atoms with Crippen LogP contribution in [0.15, 0.2) is 36.4 Å². The number of halogens is 2. The summed E-state index contributed by atoms with van der Waals surface area (Å²) in [6, 6.07) is 9.18. The van der Waals surface area contributed by atoms with E-state index in [2.05, 4.69) is 10.6 Å². The third-order valence-electron chi connectivity index (χ3n) is 3.86. The number of amides is 4. The molecule has 0 aliphatic carbocycles. The fourth-order valence-corrected chi connectivity index (χ4v) is 3.01. The van der Waals surface area contributed by atoms with E-state index in [-0.39, 0.29) is 34.7 Å². The van der Waals surface area contributed by atoms with Crippen LogP contribution in [0.4, 0.5) is 16.2 Å². The van der Waals surface area contributed by atoms with Gasteiger partial charge in [-0.1, -0.05) is 41.4 Å². The predicted octanol–water partition coefficient (Wildman–Crippen LogP) is 2.88. The normalized spacial score (nSPS) is 13.7. The lowest BCUT2D eigenvalue weighted by molar-refractivity contribution is -0.125. The van der Waals surface area contributed by atoms with Crippen molar-refractivity contribution >= 4 is 52.4 Å². The van der Waals surface area contributed by atoms with Gasteiger partial charge in [0.1, 0.15) is 0 Å². The number of anilines is 2. The van der Waals surface area contributed by atoms with E-state index in [0.29, 0.717) is 16.8 Å². The van der Waals surface area contributed by atoms with Gasteiger partial charge in [0.25, 0.3) is 5.91 Å². The zero-order chi connectivity index (χ0) is 18.8. The van der Waals surface area contributed by atoms with Crippen LogP contribution in [-0.4, -0.2) is 29.3 Å². The zero-order valence-corrected chi connectivity index (χ0v) is 14.9. The van der Waals surface area contributed by atoms with Crippen LogP contribution in [0.5, 0.6) is 0 Å². The highest BCUT2D eigenvalue weighted by molar-refractivity contribution is 6.39. The fraction of sp³-hybridized carbons (Fsp3) is 0.118. The van der Waals surface area contributed by atoms with Crippen LogP contribution in [0.25, 0.3) is 0 Å². The molecule has 1 fully saturated rings. The Labute approximate surface area is 159 Å². The molecule has 7 nitrogen and oxygen atoms in total. The SMILES string of the molecule is Nc1c(Cl)cc(NC(=O)c2ccccc2CN2C(=O)CNC2=O)cc1Cl. The molecule has 0 aromatic heterocycles. The van der Waals surface area contributed by atoms with Crippen molar-refractivity contribution in [3.8, 4) is 0 Å². The Balaban J connectivity index is 1.84. The Morgan fingerprint density at radius 1 is 1.19 bits per heavy atom. The molecule has 26 heavy (non-hydrogen) atoms. The first-order chi connectivity index (χ1) is 12.4. The lowest BCUT2D eigenvalue weighted by Crippen LogP contribution is -2.31. The average Bonchev–Trinajstić information content (AvgIpc) is 2.92. The summed E-state index contributed by atoms with van der Waals surface area (Å²) in [4.78, 5) is 37.2. The van der Waals surface area contributed by atoms with E-state index >= 15 is 0 Å². The van der Waals surface area contributed by atoms with Crippen molar-refractivity contribution in [1.82, 2.24) is 10.2 Å². The number of nitrogens with one attached hydrogen (secondary N) is 2. The quantitative estimate of drug-likeness (QED) is 0.549. The van der Waals surface area contributed by atoms with Gasteiger partial charge in [0.05, 0.1) is 28.8 Å². The lowest BCUT2D eigenvalue weighted by atomic mass is 10.1. The van der Waals surface area contributed by atoms with E-state index in [9.17, 15) is 14.4 Å². The third-order valence-corrected chi connectivity index (χ3v) is 4.49. The first kappa shape index (κ1) is 18.0. The smallest absolute Gasteiger partial charge is 0.324 e. The number of nitrogens with two attached hydrogens (primary N) is 1. The van der Waals surface area contributed by atoms with Gasteiger partial charge in [-0.3, -0.25) is 14.5 Å². The molecule has 2 aromatic rings. The van der Waals surface area contributed by atoms with Gasteiger partial charge >= 0.3 is 6.03 Å². The highest BCUT2D eigenvalue weighted by Gasteiger charge is 2.29. The first-order valence-corrected chi connectivity index (χ1v) is 8.34. The van der Waals surface area contributed by atoms with Crippen molar-refractivity contribution in [2.45, 2.75) is 6.54 Å². The Morgan fingerprint density at radius 2 is 1.85 bits per heavy atom. The zero-order valence-electron chi connectivity index (χ0n) is 13.4. The molecule has 4 amide bonds. The molecule has 134 valence electrons. The van der Waals surface area contributed by atoms with Crippen LogP contribution in [0, 0.1) is 0 Å². The van der Waals surface area contributed by atoms with Crippen LogP contribution in [-0.2, 0) is 11.3 Å². The molecule has 3 rings (SSSR count). The van der Waals surface area contributed by atoms with Gasteiger partial charge in [-0.15, -0.1) is 0 Å². The van der Waals surface area contributed by atoms with Gasteiger partial charge in [-0.25, -0.2) is 4.79 Å². The number of carbonyl (C=O) groups is 3. The Hall–Kier alpha value is -2.77. The molecule has 1 heterocycles. The Morgan fingerprint density at radius 3 is 2.46 bits per heavy atom. The molecule has 1 aliphatic heterocycles. The molecular weight excluding hydrogens is 379 g/mol. The van der Waals surface area contributed by atoms with Crippen LogP contribution < -0.4 is 16.4 Å². The molecule has 0 saturated carbocycles. The summed E-state index contributed by atoms with van der Waals surface area (Å²) in [5.74, 6) is -0.771. The number of hydrogen-bond donors (Lipinski definition) is 3. The summed E-state index contributed by atoms with van der Waals surface area (Å²) >= 11 is 12.0. The van der Waals surface area contributed by atoms with Crippen molar-refractivity contribution in [2.75, 3.05) is 17.6 Å². The molecule has 1 aliphatic rings. The number of nitrogen functional groups attached to an aromatic ring is 1. The number of benzene rings is 2. The maximum atomic E-state index is 12.6. The second kappa shape index (κ2) is 7.23. The van der Waals surface area contributed by atoms with Crippen molar-refractivity contribution in [2.24, 2.45) is 0 Å². The van der Waals surface area contributed by atoms with E-state index < -0.39 is 11.9 Å². The van der Waals surface area contributed by atoms with E-state index in [1.165, 1.54) is 12.1 Å².